The third kappa shape index (κ3) is 5.44. The second-order valence-corrected chi connectivity index (χ2v) is 8.35. The van der Waals surface area contributed by atoms with Crippen LogP contribution >= 0.6 is 0 Å². The van der Waals surface area contributed by atoms with E-state index in [-0.39, 0.29) is 18.2 Å². The first-order valence-corrected chi connectivity index (χ1v) is 9.74. The molecule has 2 aromatic rings. The summed E-state index contributed by atoms with van der Waals surface area (Å²) < 4.78 is 27.0. The van der Waals surface area contributed by atoms with Gasteiger partial charge in [-0.15, -0.1) is 0 Å². The third-order valence-electron chi connectivity index (χ3n) is 3.71. The van der Waals surface area contributed by atoms with Gasteiger partial charge in [-0.3, -0.25) is 0 Å². The van der Waals surface area contributed by atoms with Crippen LogP contribution in [0.15, 0.2) is 60.7 Å². The summed E-state index contributed by atoms with van der Waals surface area (Å²) in [5.74, 6) is 0.126. The summed E-state index contributed by atoms with van der Waals surface area (Å²) in [5.41, 5.74) is 1.47. The van der Waals surface area contributed by atoms with Crippen molar-refractivity contribution in [3.8, 4) is 0 Å². The first-order valence-electron chi connectivity index (χ1n) is 8.13. The Labute approximate surface area is 144 Å². The highest BCUT2D eigenvalue weighted by atomic mass is 32.2. The molecule has 0 aliphatic carbocycles. The molecule has 130 valence electrons. The van der Waals surface area contributed by atoms with Gasteiger partial charge in [0.15, 0.2) is 0 Å². The lowest BCUT2D eigenvalue weighted by atomic mass is 10.1. The van der Waals surface area contributed by atoms with Gasteiger partial charge in [0, 0.05) is 13.1 Å². The molecule has 0 saturated carbocycles. The monoisotopic (exact) mass is 347 g/mol. The van der Waals surface area contributed by atoms with Crippen LogP contribution in [-0.4, -0.2) is 30.9 Å². The molecule has 0 unspecified atom stereocenters. The summed E-state index contributed by atoms with van der Waals surface area (Å²) in [6.45, 7) is 4.40. The Kier molecular flexibility index (Phi) is 6.54. The van der Waals surface area contributed by atoms with Crippen molar-refractivity contribution in [2.75, 3.05) is 13.1 Å². The van der Waals surface area contributed by atoms with Crippen molar-refractivity contribution in [1.29, 1.82) is 0 Å². The van der Waals surface area contributed by atoms with Gasteiger partial charge in [0.1, 0.15) is 0 Å². The van der Waals surface area contributed by atoms with Gasteiger partial charge in [-0.2, -0.15) is 4.31 Å². The Morgan fingerprint density at radius 2 is 1.46 bits per heavy atom. The predicted molar refractivity (Wildman–Crippen MR) is 96.9 cm³/mol. The molecule has 2 rings (SSSR count). The first-order chi connectivity index (χ1) is 11.4. The molecule has 0 amide bonds. The van der Waals surface area contributed by atoms with Crippen LogP contribution in [0.5, 0.6) is 0 Å². The normalized spacial score (nSPS) is 13.4. The molecule has 24 heavy (non-hydrogen) atoms. The highest BCUT2D eigenvalue weighted by molar-refractivity contribution is 7.88. The van der Waals surface area contributed by atoms with Gasteiger partial charge in [0.2, 0.25) is 10.0 Å². The summed E-state index contributed by atoms with van der Waals surface area (Å²) in [6.07, 6.45) is -0.838. The fourth-order valence-corrected chi connectivity index (χ4v) is 4.25. The van der Waals surface area contributed by atoms with Gasteiger partial charge in [-0.05, 0) is 17.0 Å². The Morgan fingerprint density at radius 3 is 2.00 bits per heavy atom. The summed E-state index contributed by atoms with van der Waals surface area (Å²) in [5, 5.41) is 10.4. The highest BCUT2D eigenvalue weighted by Gasteiger charge is 2.26. The summed E-state index contributed by atoms with van der Waals surface area (Å²) >= 11 is 0. The second kappa shape index (κ2) is 8.42. The van der Waals surface area contributed by atoms with E-state index in [2.05, 4.69) is 0 Å². The molecule has 0 bridgehead atoms. The zero-order valence-electron chi connectivity index (χ0n) is 14.2. The molecule has 2 aromatic carbocycles. The average molecular weight is 347 g/mol. The topological polar surface area (TPSA) is 57.6 Å². The minimum Gasteiger partial charge on any atom is -0.387 e. The van der Waals surface area contributed by atoms with Crippen LogP contribution in [0.4, 0.5) is 0 Å². The van der Waals surface area contributed by atoms with E-state index in [1.165, 1.54) is 4.31 Å². The van der Waals surface area contributed by atoms with E-state index >= 15 is 0 Å². The van der Waals surface area contributed by atoms with Crippen LogP contribution in [0.3, 0.4) is 0 Å². The molecule has 4 nitrogen and oxygen atoms in total. The van der Waals surface area contributed by atoms with E-state index in [4.69, 9.17) is 0 Å². The summed E-state index contributed by atoms with van der Waals surface area (Å²) in [6, 6.07) is 18.3. The molecule has 0 fully saturated rings. The smallest absolute Gasteiger partial charge is 0.218 e. The highest BCUT2D eigenvalue weighted by Crippen LogP contribution is 2.19. The van der Waals surface area contributed by atoms with E-state index < -0.39 is 16.1 Å². The molecule has 0 spiro atoms. The number of benzene rings is 2. The van der Waals surface area contributed by atoms with Gasteiger partial charge >= 0.3 is 0 Å². The predicted octanol–water partition coefficient (Wildman–Crippen LogP) is 3.21. The molecular formula is C19H25NO3S. The van der Waals surface area contributed by atoms with Crippen molar-refractivity contribution in [3.05, 3.63) is 71.8 Å². The largest absolute Gasteiger partial charge is 0.387 e. The lowest BCUT2D eigenvalue weighted by molar-refractivity contribution is 0.143. The van der Waals surface area contributed by atoms with E-state index in [1.807, 2.05) is 62.4 Å². The molecule has 1 atom stereocenters. The van der Waals surface area contributed by atoms with Crippen molar-refractivity contribution in [2.24, 2.45) is 5.92 Å². The lowest BCUT2D eigenvalue weighted by Crippen LogP contribution is -2.38. The minimum atomic E-state index is -3.50. The molecule has 0 aromatic heterocycles. The van der Waals surface area contributed by atoms with Crippen LogP contribution in [0.1, 0.15) is 31.1 Å². The summed E-state index contributed by atoms with van der Waals surface area (Å²) in [4.78, 5) is 0. The van der Waals surface area contributed by atoms with E-state index in [1.54, 1.807) is 12.1 Å². The maximum Gasteiger partial charge on any atom is 0.218 e. The number of nitrogens with zero attached hydrogens (tertiary/aromatic N) is 1. The fraction of sp³-hybridized carbons (Fsp3) is 0.368. The Hall–Kier alpha value is -1.69. The minimum absolute atomic E-state index is 0.0535. The zero-order chi connectivity index (χ0) is 17.6. The molecular weight excluding hydrogens is 322 g/mol. The first kappa shape index (κ1) is 18.6. The Balaban J connectivity index is 2.17. The van der Waals surface area contributed by atoms with Crippen LogP contribution in [0.25, 0.3) is 0 Å². The second-order valence-electron chi connectivity index (χ2n) is 6.38. The van der Waals surface area contributed by atoms with Crippen LogP contribution in [-0.2, 0) is 15.8 Å². The van der Waals surface area contributed by atoms with Gasteiger partial charge in [0.25, 0.3) is 0 Å². The van der Waals surface area contributed by atoms with E-state index in [9.17, 15) is 13.5 Å². The zero-order valence-corrected chi connectivity index (χ0v) is 15.0. The standard InChI is InChI=1S/C19H25NO3S/c1-16(2)13-20(14-19(21)18-11-7-4-8-12-18)24(22,23)15-17-9-5-3-6-10-17/h3-12,16,19,21H,13-15H2,1-2H3/t19-/m0/s1. The SMILES string of the molecule is CC(C)CN(C[C@H](O)c1ccccc1)S(=O)(=O)Cc1ccccc1. The number of aliphatic hydroxyl groups excluding tert-OH is 1. The Bertz CT molecular complexity index is 715. The number of aliphatic hydroxyl groups is 1. The number of sulfonamides is 1. The van der Waals surface area contributed by atoms with Gasteiger partial charge in [-0.25, -0.2) is 8.42 Å². The fourth-order valence-electron chi connectivity index (χ4n) is 2.56. The van der Waals surface area contributed by atoms with Crippen LogP contribution in [0.2, 0.25) is 0 Å². The van der Waals surface area contributed by atoms with Gasteiger partial charge in [-0.1, -0.05) is 74.5 Å². The summed E-state index contributed by atoms with van der Waals surface area (Å²) in [7, 11) is -3.50. The maximum atomic E-state index is 12.8. The van der Waals surface area contributed by atoms with Crippen LogP contribution in [0, 0.1) is 5.92 Å². The quantitative estimate of drug-likeness (QED) is 0.798. The average Bonchev–Trinajstić information content (AvgIpc) is 2.55. The molecule has 0 radical (unpaired) electrons. The third-order valence-corrected chi connectivity index (χ3v) is 5.50. The molecule has 1 N–H and O–H groups in total. The molecule has 0 heterocycles. The van der Waals surface area contributed by atoms with E-state index in [0.717, 1.165) is 11.1 Å². The van der Waals surface area contributed by atoms with Crippen molar-refractivity contribution in [3.63, 3.8) is 0 Å². The molecule has 0 aliphatic rings. The Morgan fingerprint density at radius 1 is 0.917 bits per heavy atom. The van der Waals surface area contributed by atoms with E-state index in [0.29, 0.717) is 6.54 Å². The molecule has 5 heteroatoms. The number of rotatable bonds is 8. The molecule has 0 saturated heterocycles. The van der Waals surface area contributed by atoms with Crippen molar-refractivity contribution in [2.45, 2.75) is 25.7 Å². The van der Waals surface area contributed by atoms with Crippen LogP contribution < -0.4 is 0 Å². The van der Waals surface area contributed by atoms with Crippen molar-refractivity contribution < 1.29 is 13.5 Å². The molecule has 0 aliphatic heterocycles. The lowest BCUT2D eigenvalue weighted by Gasteiger charge is -2.26. The number of hydrogen-bond acceptors (Lipinski definition) is 3. The van der Waals surface area contributed by atoms with Gasteiger partial charge in [0.05, 0.1) is 11.9 Å². The van der Waals surface area contributed by atoms with Crippen molar-refractivity contribution in [1.82, 2.24) is 4.31 Å². The number of hydrogen-bond donors (Lipinski definition) is 1. The van der Waals surface area contributed by atoms with Gasteiger partial charge < -0.3 is 5.11 Å². The maximum absolute atomic E-state index is 12.8. The van der Waals surface area contributed by atoms with Crippen molar-refractivity contribution >= 4 is 10.0 Å².